The van der Waals surface area contributed by atoms with Crippen LogP contribution in [0.25, 0.3) is 10.7 Å². The molecule has 3 heterocycles. The van der Waals surface area contributed by atoms with Crippen LogP contribution in [0.2, 0.25) is 0 Å². The Morgan fingerprint density at radius 3 is 2.79 bits per heavy atom. The lowest BCUT2D eigenvalue weighted by molar-refractivity contribution is -0.121. The van der Waals surface area contributed by atoms with Crippen LogP contribution < -0.4 is 16.6 Å². The molecule has 3 aromatic rings. The quantitative estimate of drug-likeness (QED) is 0.623. The van der Waals surface area contributed by atoms with Crippen molar-refractivity contribution in [1.29, 1.82) is 0 Å². The first-order valence-corrected chi connectivity index (χ1v) is 10.4. The van der Waals surface area contributed by atoms with E-state index in [2.05, 4.69) is 15.4 Å². The van der Waals surface area contributed by atoms with Crippen LogP contribution in [0.15, 0.2) is 33.4 Å². The van der Waals surface area contributed by atoms with E-state index >= 15 is 0 Å². The van der Waals surface area contributed by atoms with Gasteiger partial charge in [0.25, 0.3) is 5.56 Å². The molecule has 0 bridgehead atoms. The molecule has 1 fully saturated rings. The molecule has 9 nitrogen and oxygen atoms in total. The lowest BCUT2D eigenvalue weighted by atomic mass is 10.3. The predicted octanol–water partition coefficient (Wildman–Crippen LogP) is 1.10. The molecule has 1 amide bonds. The highest BCUT2D eigenvalue weighted by atomic mass is 32.1. The second-order valence-electron chi connectivity index (χ2n) is 7.15. The molecule has 1 saturated carbocycles. The van der Waals surface area contributed by atoms with Crippen LogP contribution >= 0.6 is 11.3 Å². The Hall–Kier alpha value is -3.01. The van der Waals surface area contributed by atoms with Gasteiger partial charge in [0.1, 0.15) is 6.54 Å². The lowest BCUT2D eigenvalue weighted by Crippen LogP contribution is -2.36. The van der Waals surface area contributed by atoms with Gasteiger partial charge in [-0.15, -0.1) is 16.4 Å². The molecular formula is C19H22N6O3S. The molecule has 10 heteroatoms. The first kappa shape index (κ1) is 19.3. The van der Waals surface area contributed by atoms with Crippen LogP contribution in [-0.4, -0.2) is 36.4 Å². The minimum absolute atomic E-state index is 0.112. The second-order valence-corrected chi connectivity index (χ2v) is 8.09. The van der Waals surface area contributed by atoms with Gasteiger partial charge in [-0.2, -0.15) is 0 Å². The van der Waals surface area contributed by atoms with E-state index in [0.29, 0.717) is 17.1 Å². The molecule has 0 aromatic carbocycles. The van der Waals surface area contributed by atoms with Crippen LogP contribution in [0.1, 0.15) is 30.1 Å². The Balaban J connectivity index is 1.42. The highest BCUT2D eigenvalue weighted by Gasteiger charge is 2.30. The van der Waals surface area contributed by atoms with Gasteiger partial charge in [-0.1, -0.05) is 6.07 Å². The second kappa shape index (κ2) is 7.78. The molecule has 4 rings (SSSR count). The average Bonchev–Trinajstić information content (AvgIpc) is 3.27. The van der Waals surface area contributed by atoms with E-state index in [9.17, 15) is 14.4 Å². The van der Waals surface area contributed by atoms with Gasteiger partial charge in [0, 0.05) is 23.8 Å². The normalized spacial score (nSPS) is 13.6. The summed E-state index contributed by atoms with van der Waals surface area (Å²) in [5.74, 6) is 0.372. The molecule has 3 aromatic heterocycles. The van der Waals surface area contributed by atoms with Crippen molar-refractivity contribution in [2.45, 2.75) is 45.8 Å². The van der Waals surface area contributed by atoms with Crippen molar-refractivity contribution in [1.82, 2.24) is 29.2 Å². The number of carbonyl (C=O) groups is 1. The van der Waals surface area contributed by atoms with E-state index in [1.807, 2.05) is 17.5 Å². The van der Waals surface area contributed by atoms with Gasteiger partial charge in [0.2, 0.25) is 5.91 Å². The maximum Gasteiger partial charge on any atom is 0.346 e. The third kappa shape index (κ3) is 3.93. The van der Waals surface area contributed by atoms with Crippen molar-refractivity contribution in [3.05, 3.63) is 55.9 Å². The molecule has 0 aliphatic heterocycles. The maximum absolute atomic E-state index is 12.7. The summed E-state index contributed by atoms with van der Waals surface area (Å²) < 4.78 is 4.44. The number of nitrogens with one attached hydrogen (secondary N) is 1. The van der Waals surface area contributed by atoms with E-state index in [1.165, 1.54) is 15.6 Å². The fourth-order valence-electron chi connectivity index (χ4n) is 3.10. The summed E-state index contributed by atoms with van der Waals surface area (Å²) in [7, 11) is 0. The van der Waals surface area contributed by atoms with E-state index < -0.39 is 0 Å². The Kier molecular flexibility index (Phi) is 5.18. The van der Waals surface area contributed by atoms with Crippen LogP contribution in [0.5, 0.6) is 0 Å². The third-order valence-corrected chi connectivity index (χ3v) is 5.86. The lowest BCUT2D eigenvalue weighted by Gasteiger charge is -2.08. The van der Waals surface area contributed by atoms with Crippen molar-refractivity contribution in [2.75, 3.05) is 6.54 Å². The fraction of sp³-hybridized carbons (Fsp3) is 0.421. The zero-order valence-electron chi connectivity index (χ0n) is 16.3. The zero-order chi connectivity index (χ0) is 20.5. The first-order valence-electron chi connectivity index (χ1n) is 9.48. The van der Waals surface area contributed by atoms with Crippen molar-refractivity contribution < 1.29 is 4.79 Å². The number of thiophene rings is 1. The van der Waals surface area contributed by atoms with Gasteiger partial charge < -0.3 is 5.32 Å². The van der Waals surface area contributed by atoms with E-state index in [0.717, 1.165) is 17.7 Å². The summed E-state index contributed by atoms with van der Waals surface area (Å²) in [6, 6.07) is 4.10. The van der Waals surface area contributed by atoms with E-state index in [4.69, 9.17) is 0 Å². The molecule has 1 aliphatic carbocycles. The molecule has 1 aliphatic rings. The number of amides is 1. The number of hydrogen-bond acceptors (Lipinski definition) is 6. The van der Waals surface area contributed by atoms with Gasteiger partial charge >= 0.3 is 5.69 Å². The number of aromatic nitrogens is 5. The van der Waals surface area contributed by atoms with Gasteiger partial charge in [0.15, 0.2) is 5.82 Å². The monoisotopic (exact) mass is 414 g/mol. The van der Waals surface area contributed by atoms with Crippen LogP contribution in [0.3, 0.4) is 0 Å². The largest absolute Gasteiger partial charge is 0.353 e. The Morgan fingerprint density at radius 1 is 1.31 bits per heavy atom. The molecule has 29 heavy (non-hydrogen) atoms. The number of hydrogen-bond donors (Lipinski definition) is 1. The summed E-state index contributed by atoms with van der Waals surface area (Å²) in [5.41, 5.74) is 0.796. The molecule has 152 valence electrons. The Labute approximate surface area is 170 Å². The molecule has 0 radical (unpaired) electrons. The van der Waals surface area contributed by atoms with Crippen molar-refractivity contribution >= 4 is 17.2 Å². The summed E-state index contributed by atoms with van der Waals surface area (Å²) in [6.45, 7) is 3.84. The highest BCUT2D eigenvalue weighted by Crippen LogP contribution is 2.37. The summed E-state index contributed by atoms with van der Waals surface area (Å²) in [4.78, 5) is 42.2. The van der Waals surface area contributed by atoms with Crippen molar-refractivity contribution in [3.8, 4) is 10.7 Å². The molecule has 0 unspecified atom stereocenters. The highest BCUT2D eigenvalue weighted by molar-refractivity contribution is 7.13. The van der Waals surface area contributed by atoms with Gasteiger partial charge in [-0.3, -0.25) is 18.7 Å². The van der Waals surface area contributed by atoms with Crippen molar-refractivity contribution in [3.63, 3.8) is 0 Å². The van der Waals surface area contributed by atoms with Crippen LogP contribution in [0, 0.1) is 13.8 Å². The topological polar surface area (TPSA) is 104 Å². The van der Waals surface area contributed by atoms with Crippen LogP contribution in [0.4, 0.5) is 0 Å². The van der Waals surface area contributed by atoms with Gasteiger partial charge in [-0.25, -0.2) is 14.5 Å². The fourth-order valence-corrected chi connectivity index (χ4v) is 3.81. The number of carbonyl (C=O) groups excluding carboxylic acids is 1. The molecular weight excluding hydrogens is 392 g/mol. The van der Waals surface area contributed by atoms with E-state index in [-0.39, 0.29) is 42.8 Å². The van der Waals surface area contributed by atoms with Crippen LogP contribution in [-0.2, 0) is 17.9 Å². The SMILES string of the molecule is Cc1ncn(CC(=O)NCCn2nc(-c3cccs3)n(C3CC3)c2=O)c(=O)c1C. The predicted molar refractivity (Wildman–Crippen MR) is 109 cm³/mol. The third-order valence-electron chi connectivity index (χ3n) is 5.00. The molecule has 1 N–H and O–H groups in total. The van der Waals surface area contributed by atoms with Gasteiger partial charge in [0.05, 0.1) is 17.7 Å². The minimum Gasteiger partial charge on any atom is -0.353 e. The summed E-state index contributed by atoms with van der Waals surface area (Å²) >= 11 is 1.55. The smallest absolute Gasteiger partial charge is 0.346 e. The van der Waals surface area contributed by atoms with Gasteiger partial charge in [-0.05, 0) is 38.1 Å². The minimum atomic E-state index is -0.315. The van der Waals surface area contributed by atoms with Crippen molar-refractivity contribution in [2.24, 2.45) is 0 Å². The average molecular weight is 414 g/mol. The summed E-state index contributed by atoms with van der Waals surface area (Å²) in [5, 5.41) is 9.19. The molecule has 0 saturated heterocycles. The number of nitrogens with zero attached hydrogens (tertiary/aromatic N) is 5. The Morgan fingerprint density at radius 2 is 2.10 bits per heavy atom. The molecule has 0 spiro atoms. The Bertz CT molecular complexity index is 1150. The summed E-state index contributed by atoms with van der Waals surface area (Å²) in [6.07, 6.45) is 3.35. The maximum atomic E-state index is 12.7. The zero-order valence-corrected chi connectivity index (χ0v) is 17.1. The standard InChI is InChI=1S/C19H22N6O3S/c1-12-13(2)21-11-23(18(12)27)10-16(26)20-7-8-24-19(28)25(14-5-6-14)17(22-24)15-4-3-9-29-15/h3-4,9,11,14H,5-8,10H2,1-2H3,(H,20,26). The first-order chi connectivity index (χ1) is 14.0. The molecule has 0 atom stereocenters. The van der Waals surface area contributed by atoms with E-state index in [1.54, 1.807) is 29.8 Å². The number of aryl methyl sites for hydroxylation is 1. The number of rotatable bonds is 7.